The van der Waals surface area contributed by atoms with E-state index in [0.29, 0.717) is 13.1 Å². The van der Waals surface area contributed by atoms with Crippen molar-refractivity contribution < 1.29 is 14.3 Å². The first-order valence-corrected chi connectivity index (χ1v) is 7.25. The van der Waals surface area contributed by atoms with Crippen molar-refractivity contribution in [1.29, 1.82) is 0 Å². The van der Waals surface area contributed by atoms with Gasteiger partial charge < -0.3 is 20.3 Å². The molecule has 0 spiro atoms. The van der Waals surface area contributed by atoms with Crippen LogP contribution < -0.4 is 15.4 Å². The van der Waals surface area contributed by atoms with Crippen molar-refractivity contribution in [3.8, 4) is 5.75 Å². The quantitative estimate of drug-likeness (QED) is 0.750. The van der Waals surface area contributed by atoms with E-state index < -0.39 is 0 Å². The third kappa shape index (κ3) is 6.13. The number of carbonyl (C=O) groups is 2. The SMILES string of the molecule is COc1ccc(C(CNC(=O)CCNC(C)=O)N(C)C)cc1. The van der Waals surface area contributed by atoms with Gasteiger partial charge in [-0.2, -0.15) is 0 Å². The highest BCUT2D eigenvalue weighted by atomic mass is 16.5. The number of hydrogen-bond donors (Lipinski definition) is 2. The van der Waals surface area contributed by atoms with E-state index >= 15 is 0 Å². The van der Waals surface area contributed by atoms with Gasteiger partial charge in [0, 0.05) is 26.4 Å². The fourth-order valence-electron chi connectivity index (χ4n) is 2.08. The Morgan fingerprint density at radius 2 is 1.82 bits per heavy atom. The van der Waals surface area contributed by atoms with Crippen LogP contribution in [0.25, 0.3) is 0 Å². The largest absolute Gasteiger partial charge is 0.497 e. The molecule has 0 aliphatic rings. The van der Waals surface area contributed by atoms with Gasteiger partial charge in [-0.3, -0.25) is 9.59 Å². The van der Waals surface area contributed by atoms with E-state index in [2.05, 4.69) is 15.5 Å². The van der Waals surface area contributed by atoms with Crippen molar-refractivity contribution in [3.63, 3.8) is 0 Å². The van der Waals surface area contributed by atoms with Crippen LogP contribution in [0, 0.1) is 0 Å². The summed E-state index contributed by atoms with van der Waals surface area (Å²) < 4.78 is 5.15. The molecule has 1 unspecified atom stereocenters. The maximum absolute atomic E-state index is 11.8. The van der Waals surface area contributed by atoms with Gasteiger partial charge in [0.1, 0.15) is 5.75 Å². The second kappa shape index (κ2) is 9.04. The molecule has 2 N–H and O–H groups in total. The summed E-state index contributed by atoms with van der Waals surface area (Å²) >= 11 is 0. The second-order valence-electron chi connectivity index (χ2n) is 5.29. The summed E-state index contributed by atoms with van der Waals surface area (Å²) in [6, 6.07) is 7.88. The zero-order valence-corrected chi connectivity index (χ0v) is 13.7. The van der Waals surface area contributed by atoms with E-state index in [-0.39, 0.29) is 24.3 Å². The van der Waals surface area contributed by atoms with Gasteiger partial charge in [-0.15, -0.1) is 0 Å². The van der Waals surface area contributed by atoms with E-state index in [0.717, 1.165) is 11.3 Å². The van der Waals surface area contributed by atoms with Gasteiger partial charge in [-0.05, 0) is 31.8 Å². The second-order valence-corrected chi connectivity index (χ2v) is 5.29. The molecule has 0 aliphatic heterocycles. The summed E-state index contributed by atoms with van der Waals surface area (Å²) in [5.41, 5.74) is 1.10. The minimum absolute atomic E-state index is 0.0749. The lowest BCUT2D eigenvalue weighted by Gasteiger charge is -2.25. The Morgan fingerprint density at radius 3 is 2.32 bits per heavy atom. The zero-order valence-electron chi connectivity index (χ0n) is 13.7. The van der Waals surface area contributed by atoms with Crippen LogP contribution in [0.15, 0.2) is 24.3 Å². The minimum atomic E-state index is -0.128. The average Bonchev–Trinajstić information content (AvgIpc) is 2.47. The molecule has 0 bridgehead atoms. The summed E-state index contributed by atoms with van der Waals surface area (Å²) in [7, 11) is 5.57. The smallest absolute Gasteiger partial charge is 0.221 e. The van der Waals surface area contributed by atoms with Crippen LogP contribution in [0.4, 0.5) is 0 Å². The molecule has 0 saturated carbocycles. The summed E-state index contributed by atoms with van der Waals surface area (Å²) in [4.78, 5) is 24.6. The Balaban J connectivity index is 2.53. The Bertz CT molecular complexity index is 486. The average molecular weight is 307 g/mol. The highest BCUT2D eigenvalue weighted by Crippen LogP contribution is 2.20. The van der Waals surface area contributed by atoms with Crippen LogP contribution in [0.5, 0.6) is 5.75 Å². The van der Waals surface area contributed by atoms with Gasteiger partial charge in [-0.25, -0.2) is 0 Å². The normalized spacial score (nSPS) is 11.9. The van der Waals surface area contributed by atoms with Gasteiger partial charge in [0.05, 0.1) is 13.2 Å². The standard InChI is InChI=1S/C16H25N3O3/c1-12(20)17-10-9-16(21)18-11-15(19(2)3)13-5-7-14(22-4)8-6-13/h5-8,15H,9-11H2,1-4H3,(H,17,20)(H,18,21). The van der Waals surface area contributed by atoms with Crippen molar-refractivity contribution >= 4 is 11.8 Å². The van der Waals surface area contributed by atoms with Crippen LogP contribution >= 0.6 is 0 Å². The van der Waals surface area contributed by atoms with E-state index in [4.69, 9.17) is 4.74 Å². The van der Waals surface area contributed by atoms with E-state index in [1.165, 1.54) is 6.92 Å². The number of amides is 2. The molecule has 1 rings (SSSR count). The Labute approximate surface area is 131 Å². The highest BCUT2D eigenvalue weighted by Gasteiger charge is 2.15. The monoisotopic (exact) mass is 307 g/mol. The molecule has 0 aliphatic carbocycles. The number of nitrogens with zero attached hydrogens (tertiary/aromatic N) is 1. The van der Waals surface area contributed by atoms with Crippen LogP contribution in [-0.2, 0) is 9.59 Å². The van der Waals surface area contributed by atoms with E-state index in [1.54, 1.807) is 7.11 Å². The predicted octanol–water partition coefficient (Wildman–Crippen LogP) is 0.940. The number of ether oxygens (including phenoxy) is 1. The predicted molar refractivity (Wildman–Crippen MR) is 85.7 cm³/mol. The lowest BCUT2D eigenvalue weighted by atomic mass is 10.1. The van der Waals surface area contributed by atoms with Gasteiger partial charge in [-0.1, -0.05) is 12.1 Å². The maximum Gasteiger partial charge on any atom is 0.221 e. The molecule has 22 heavy (non-hydrogen) atoms. The zero-order chi connectivity index (χ0) is 16.5. The number of rotatable bonds is 8. The van der Waals surface area contributed by atoms with Crippen molar-refractivity contribution in [2.24, 2.45) is 0 Å². The fraction of sp³-hybridized carbons (Fsp3) is 0.500. The number of carbonyl (C=O) groups excluding carboxylic acids is 2. The molecular formula is C16H25N3O3. The molecule has 2 amide bonds. The summed E-state index contributed by atoms with van der Waals surface area (Å²) in [6.07, 6.45) is 0.280. The molecule has 6 nitrogen and oxygen atoms in total. The van der Waals surface area contributed by atoms with E-state index in [9.17, 15) is 9.59 Å². The van der Waals surface area contributed by atoms with E-state index in [1.807, 2.05) is 38.4 Å². The van der Waals surface area contributed by atoms with Gasteiger partial charge in [0.15, 0.2) is 0 Å². The molecule has 0 saturated heterocycles. The van der Waals surface area contributed by atoms with Crippen molar-refractivity contribution in [2.75, 3.05) is 34.3 Å². The van der Waals surface area contributed by atoms with Crippen LogP contribution in [0.3, 0.4) is 0 Å². The van der Waals surface area contributed by atoms with Gasteiger partial charge in [0.2, 0.25) is 11.8 Å². The third-order valence-electron chi connectivity index (χ3n) is 3.34. The Morgan fingerprint density at radius 1 is 1.18 bits per heavy atom. The van der Waals surface area contributed by atoms with Gasteiger partial charge in [0.25, 0.3) is 0 Å². The molecule has 1 atom stereocenters. The lowest BCUT2D eigenvalue weighted by Crippen LogP contribution is -2.36. The molecular weight excluding hydrogens is 282 g/mol. The first-order valence-electron chi connectivity index (χ1n) is 7.25. The first-order chi connectivity index (χ1) is 10.4. The van der Waals surface area contributed by atoms with Crippen LogP contribution in [0.2, 0.25) is 0 Å². The van der Waals surface area contributed by atoms with Crippen LogP contribution in [0.1, 0.15) is 24.9 Å². The molecule has 0 heterocycles. The summed E-state index contributed by atoms with van der Waals surface area (Å²) in [6.45, 7) is 2.30. The number of nitrogens with one attached hydrogen (secondary N) is 2. The molecule has 1 aromatic carbocycles. The Kier molecular flexibility index (Phi) is 7.39. The molecule has 0 radical (unpaired) electrons. The van der Waals surface area contributed by atoms with Crippen LogP contribution in [-0.4, -0.2) is 51.0 Å². The highest BCUT2D eigenvalue weighted by molar-refractivity contribution is 5.77. The lowest BCUT2D eigenvalue weighted by molar-refractivity contribution is -0.121. The molecule has 0 fully saturated rings. The first kappa shape index (κ1) is 18.0. The molecule has 1 aromatic rings. The molecule has 0 aromatic heterocycles. The van der Waals surface area contributed by atoms with Crippen molar-refractivity contribution in [3.05, 3.63) is 29.8 Å². The Hall–Kier alpha value is -2.08. The molecule has 122 valence electrons. The fourth-order valence-corrected chi connectivity index (χ4v) is 2.08. The molecule has 6 heteroatoms. The number of benzene rings is 1. The topological polar surface area (TPSA) is 70.7 Å². The number of hydrogen-bond acceptors (Lipinski definition) is 4. The number of likely N-dealkylation sites (N-methyl/N-ethyl adjacent to an activating group) is 1. The summed E-state index contributed by atoms with van der Waals surface area (Å²) in [5, 5.41) is 5.51. The minimum Gasteiger partial charge on any atom is -0.497 e. The maximum atomic E-state index is 11.8. The van der Waals surface area contributed by atoms with Crippen molar-refractivity contribution in [1.82, 2.24) is 15.5 Å². The third-order valence-corrected chi connectivity index (χ3v) is 3.34. The number of methoxy groups -OCH3 is 1. The van der Waals surface area contributed by atoms with Crippen molar-refractivity contribution in [2.45, 2.75) is 19.4 Å². The summed E-state index contributed by atoms with van der Waals surface area (Å²) in [5.74, 6) is 0.604. The van der Waals surface area contributed by atoms with Gasteiger partial charge >= 0.3 is 0 Å².